The quantitative estimate of drug-likeness (QED) is 0.404. The predicted molar refractivity (Wildman–Crippen MR) is 55.6 cm³/mol. The van der Waals surface area contributed by atoms with Crippen molar-refractivity contribution in [2.75, 3.05) is 0 Å². The van der Waals surface area contributed by atoms with Gasteiger partial charge in [0.15, 0.2) is 5.11 Å². The summed E-state index contributed by atoms with van der Waals surface area (Å²) in [6.45, 7) is 0. The Morgan fingerprint density at radius 3 is 2.47 bits per heavy atom. The van der Waals surface area contributed by atoms with Gasteiger partial charge in [0.05, 0.1) is 6.26 Å². The number of carbonyl (C=O) groups excluding carboxylic acids is 2. The van der Waals surface area contributed by atoms with Crippen LogP contribution in [-0.2, 0) is 9.59 Å². The molecule has 2 heterocycles. The van der Waals surface area contributed by atoms with E-state index >= 15 is 0 Å². The minimum atomic E-state index is -0.528. The van der Waals surface area contributed by atoms with Crippen LogP contribution in [0.2, 0.25) is 0 Å². The van der Waals surface area contributed by atoms with Crippen LogP contribution in [0.15, 0.2) is 28.4 Å². The summed E-state index contributed by atoms with van der Waals surface area (Å²) in [4.78, 5) is 22.7. The highest BCUT2D eigenvalue weighted by atomic mass is 32.1. The van der Waals surface area contributed by atoms with Gasteiger partial charge in [0.25, 0.3) is 11.8 Å². The summed E-state index contributed by atoms with van der Waals surface area (Å²) in [7, 11) is 0. The first kappa shape index (κ1) is 9.60. The molecule has 76 valence electrons. The Labute approximate surface area is 90.1 Å². The second kappa shape index (κ2) is 3.66. The van der Waals surface area contributed by atoms with Crippen LogP contribution < -0.4 is 10.6 Å². The SMILES string of the molecule is O=C1NC(=S)NC(=O)C1=Cc1ccco1. The fourth-order valence-electron chi connectivity index (χ4n) is 1.12. The van der Waals surface area contributed by atoms with Crippen LogP contribution in [0, 0.1) is 0 Å². The van der Waals surface area contributed by atoms with Crippen molar-refractivity contribution < 1.29 is 14.0 Å². The van der Waals surface area contributed by atoms with Crippen LogP contribution in [0.5, 0.6) is 0 Å². The molecule has 1 aromatic heterocycles. The second-order valence-corrected chi connectivity index (χ2v) is 3.22. The maximum absolute atomic E-state index is 11.4. The Kier molecular flexibility index (Phi) is 2.34. The third kappa shape index (κ3) is 1.94. The Morgan fingerprint density at radius 2 is 1.93 bits per heavy atom. The maximum Gasteiger partial charge on any atom is 0.263 e. The summed E-state index contributed by atoms with van der Waals surface area (Å²) < 4.78 is 4.99. The molecule has 0 saturated carbocycles. The largest absolute Gasteiger partial charge is 0.465 e. The highest BCUT2D eigenvalue weighted by molar-refractivity contribution is 7.80. The first-order valence-electron chi connectivity index (χ1n) is 4.08. The molecule has 0 bridgehead atoms. The lowest BCUT2D eigenvalue weighted by Crippen LogP contribution is -2.51. The molecule has 0 atom stereocenters. The van der Waals surface area contributed by atoms with Gasteiger partial charge in [0, 0.05) is 0 Å². The molecule has 2 N–H and O–H groups in total. The Morgan fingerprint density at radius 1 is 1.27 bits per heavy atom. The van der Waals surface area contributed by atoms with Gasteiger partial charge in [0.2, 0.25) is 0 Å². The molecule has 1 aliphatic rings. The zero-order chi connectivity index (χ0) is 10.8. The van der Waals surface area contributed by atoms with Crippen LogP contribution in [0.25, 0.3) is 6.08 Å². The summed E-state index contributed by atoms with van der Waals surface area (Å²) >= 11 is 4.65. The van der Waals surface area contributed by atoms with Crippen LogP contribution in [0.4, 0.5) is 0 Å². The number of furan rings is 1. The standard InChI is InChI=1S/C9H6N2O3S/c12-7-6(4-5-2-1-3-14-5)8(13)11-9(15)10-7/h1-4H,(H2,10,11,12,13,15). The minimum absolute atomic E-state index is 0.0154. The van der Waals surface area contributed by atoms with E-state index in [0.717, 1.165) is 0 Å². The van der Waals surface area contributed by atoms with Crippen LogP contribution in [-0.4, -0.2) is 16.9 Å². The third-order valence-electron chi connectivity index (χ3n) is 1.77. The highest BCUT2D eigenvalue weighted by Crippen LogP contribution is 2.09. The fraction of sp³-hybridized carbons (Fsp3) is 0. The summed E-state index contributed by atoms with van der Waals surface area (Å²) in [6.07, 6.45) is 2.81. The lowest BCUT2D eigenvalue weighted by molar-refractivity contribution is -0.123. The molecular weight excluding hydrogens is 216 g/mol. The summed E-state index contributed by atoms with van der Waals surface area (Å²) in [6, 6.07) is 3.30. The van der Waals surface area contributed by atoms with Crippen LogP contribution >= 0.6 is 12.2 Å². The molecule has 1 aliphatic heterocycles. The molecule has 2 amide bonds. The maximum atomic E-state index is 11.4. The molecule has 0 unspecified atom stereocenters. The number of nitrogens with one attached hydrogen (secondary N) is 2. The van der Waals surface area contributed by atoms with Crippen molar-refractivity contribution in [1.82, 2.24) is 10.6 Å². The molecule has 0 aromatic carbocycles. The van der Waals surface area contributed by atoms with E-state index in [1.807, 2.05) is 0 Å². The van der Waals surface area contributed by atoms with Crippen molar-refractivity contribution in [3.8, 4) is 0 Å². The van der Waals surface area contributed by atoms with Gasteiger partial charge in [-0.15, -0.1) is 0 Å². The van der Waals surface area contributed by atoms with Gasteiger partial charge < -0.3 is 4.42 Å². The molecule has 1 aromatic rings. The zero-order valence-corrected chi connectivity index (χ0v) is 8.26. The van der Waals surface area contributed by atoms with Gasteiger partial charge in [-0.05, 0) is 30.4 Å². The Bertz CT molecular complexity index is 440. The van der Waals surface area contributed by atoms with Gasteiger partial charge in [-0.1, -0.05) is 0 Å². The van der Waals surface area contributed by atoms with Crippen molar-refractivity contribution in [3.63, 3.8) is 0 Å². The highest BCUT2D eigenvalue weighted by Gasteiger charge is 2.25. The van der Waals surface area contributed by atoms with E-state index < -0.39 is 11.8 Å². The Balaban J connectivity index is 2.32. The topological polar surface area (TPSA) is 71.3 Å². The summed E-state index contributed by atoms with van der Waals surface area (Å²) in [5.74, 6) is -0.622. The molecule has 1 saturated heterocycles. The van der Waals surface area contributed by atoms with Crippen molar-refractivity contribution in [2.24, 2.45) is 0 Å². The number of amides is 2. The van der Waals surface area contributed by atoms with E-state index in [0.29, 0.717) is 5.76 Å². The normalized spacial score (nSPS) is 16.0. The first-order chi connectivity index (χ1) is 7.16. The summed E-state index contributed by atoms with van der Waals surface area (Å²) in [5, 5.41) is 4.66. The zero-order valence-electron chi connectivity index (χ0n) is 7.44. The molecule has 1 fully saturated rings. The molecule has 0 aliphatic carbocycles. The van der Waals surface area contributed by atoms with E-state index in [-0.39, 0.29) is 10.7 Å². The average Bonchev–Trinajstić information content (AvgIpc) is 2.63. The van der Waals surface area contributed by atoms with Crippen LogP contribution in [0.1, 0.15) is 5.76 Å². The summed E-state index contributed by atoms with van der Waals surface area (Å²) in [5.41, 5.74) is -0.0291. The fourth-order valence-corrected chi connectivity index (χ4v) is 1.31. The van der Waals surface area contributed by atoms with Crippen molar-refractivity contribution >= 4 is 35.2 Å². The number of carbonyl (C=O) groups is 2. The van der Waals surface area contributed by atoms with Crippen molar-refractivity contribution in [3.05, 3.63) is 29.7 Å². The average molecular weight is 222 g/mol. The molecule has 0 spiro atoms. The molecule has 15 heavy (non-hydrogen) atoms. The predicted octanol–water partition coefficient (Wildman–Crippen LogP) is 0.194. The van der Waals surface area contributed by atoms with Crippen molar-refractivity contribution in [2.45, 2.75) is 0 Å². The van der Waals surface area contributed by atoms with Gasteiger partial charge in [-0.3, -0.25) is 20.2 Å². The van der Waals surface area contributed by atoms with E-state index in [4.69, 9.17) is 4.42 Å². The lowest BCUT2D eigenvalue weighted by atomic mass is 10.1. The van der Waals surface area contributed by atoms with Crippen molar-refractivity contribution in [1.29, 1.82) is 0 Å². The van der Waals surface area contributed by atoms with Gasteiger partial charge in [-0.25, -0.2) is 0 Å². The van der Waals surface area contributed by atoms with Crippen LogP contribution in [0.3, 0.4) is 0 Å². The monoisotopic (exact) mass is 222 g/mol. The van der Waals surface area contributed by atoms with E-state index in [9.17, 15) is 9.59 Å². The third-order valence-corrected chi connectivity index (χ3v) is 1.98. The van der Waals surface area contributed by atoms with Gasteiger partial charge in [-0.2, -0.15) is 0 Å². The molecular formula is C9H6N2O3S. The molecule has 6 heteroatoms. The number of thiocarbonyl (C=S) groups is 1. The Hall–Kier alpha value is -1.95. The lowest BCUT2D eigenvalue weighted by Gasteiger charge is -2.15. The van der Waals surface area contributed by atoms with Gasteiger partial charge >= 0.3 is 0 Å². The van der Waals surface area contributed by atoms with Gasteiger partial charge in [0.1, 0.15) is 11.3 Å². The molecule has 0 radical (unpaired) electrons. The first-order valence-corrected chi connectivity index (χ1v) is 4.49. The van der Waals surface area contributed by atoms with E-state index in [2.05, 4.69) is 22.9 Å². The van der Waals surface area contributed by atoms with E-state index in [1.54, 1.807) is 12.1 Å². The minimum Gasteiger partial charge on any atom is -0.465 e. The smallest absolute Gasteiger partial charge is 0.263 e. The second-order valence-electron chi connectivity index (χ2n) is 2.81. The molecule has 5 nitrogen and oxygen atoms in total. The number of hydrogen-bond donors (Lipinski definition) is 2. The van der Waals surface area contributed by atoms with E-state index in [1.165, 1.54) is 12.3 Å². The number of hydrogen-bond acceptors (Lipinski definition) is 4. The molecule has 2 rings (SSSR count). The number of rotatable bonds is 1.